The van der Waals surface area contributed by atoms with Gasteiger partial charge in [0.1, 0.15) is 12.4 Å². The summed E-state index contributed by atoms with van der Waals surface area (Å²) >= 11 is 12.0. The van der Waals surface area contributed by atoms with Crippen LogP contribution in [0.3, 0.4) is 0 Å². The van der Waals surface area contributed by atoms with Gasteiger partial charge in [-0.05, 0) is 35.9 Å². The highest BCUT2D eigenvalue weighted by Crippen LogP contribution is 2.24. The van der Waals surface area contributed by atoms with Gasteiger partial charge >= 0.3 is 0 Å². The maximum atomic E-state index is 12.2. The Bertz CT molecular complexity index is 942. The number of hydrogen-bond acceptors (Lipinski definition) is 3. The Balaban J connectivity index is 1.55. The van der Waals surface area contributed by atoms with Gasteiger partial charge in [-0.1, -0.05) is 65.7 Å². The molecule has 3 rings (SSSR count). The van der Waals surface area contributed by atoms with Gasteiger partial charge in [-0.25, -0.2) is 5.43 Å². The molecular formula is C21H16Cl2N2O2. The van der Waals surface area contributed by atoms with Crippen LogP contribution in [0.15, 0.2) is 77.9 Å². The van der Waals surface area contributed by atoms with Crippen LogP contribution in [0.2, 0.25) is 10.0 Å². The maximum Gasteiger partial charge on any atom is 0.271 e. The number of amides is 1. The van der Waals surface area contributed by atoms with E-state index in [0.717, 1.165) is 5.56 Å². The van der Waals surface area contributed by atoms with Gasteiger partial charge in [-0.3, -0.25) is 4.79 Å². The normalized spacial score (nSPS) is 10.7. The quantitative estimate of drug-likeness (QED) is 0.450. The monoisotopic (exact) mass is 398 g/mol. The highest BCUT2D eigenvalue weighted by molar-refractivity contribution is 6.43. The first-order chi connectivity index (χ1) is 13.1. The SMILES string of the molecule is O=C(NN=Cc1cccc(Cl)c1Cl)c1ccc(OCc2ccccc2)cc1. The zero-order valence-electron chi connectivity index (χ0n) is 14.2. The van der Waals surface area contributed by atoms with Gasteiger partial charge in [0.2, 0.25) is 0 Å². The van der Waals surface area contributed by atoms with E-state index in [0.29, 0.717) is 33.5 Å². The number of halogens is 2. The third-order valence-corrected chi connectivity index (χ3v) is 4.55. The van der Waals surface area contributed by atoms with Gasteiger partial charge in [0.05, 0.1) is 16.3 Å². The van der Waals surface area contributed by atoms with Crippen molar-refractivity contribution in [1.29, 1.82) is 0 Å². The van der Waals surface area contributed by atoms with Crippen LogP contribution in [-0.2, 0) is 6.61 Å². The van der Waals surface area contributed by atoms with Crippen molar-refractivity contribution >= 4 is 35.3 Å². The van der Waals surface area contributed by atoms with Crippen LogP contribution in [-0.4, -0.2) is 12.1 Å². The number of rotatable bonds is 6. The number of benzene rings is 3. The molecule has 0 atom stereocenters. The van der Waals surface area contributed by atoms with E-state index in [9.17, 15) is 4.79 Å². The zero-order chi connectivity index (χ0) is 19.1. The summed E-state index contributed by atoms with van der Waals surface area (Å²) in [6.45, 7) is 0.469. The summed E-state index contributed by atoms with van der Waals surface area (Å²) in [7, 11) is 0. The van der Waals surface area contributed by atoms with Crippen molar-refractivity contribution in [2.24, 2.45) is 5.10 Å². The van der Waals surface area contributed by atoms with Crippen LogP contribution in [0.5, 0.6) is 5.75 Å². The van der Waals surface area contributed by atoms with Crippen molar-refractivity contribution < 1.29 is 9.53 Å². The molecule has 3 aromatic carbocycles. The van der Waals surface area contributed by atoms with E-state index in [2.05, 4.69) is 10.5 Å². The number of hydrazone groups is 1. The molecule has 136 valence electrons. The van der Waals surface area contributed by atoms with Gasteiger partial charge in [0.15, 0.2) is 0 Å². The fourth-order valence-electron chi connectivity index (χ4n) is 2.29. The van der Waals surface area contributed by atoms with Gasteiger partial charge in [-0.2, -0.15) is 5.10 Å². The zero-order valence-corrected chi connectivity index (χ0v) is 15.7. The molecule has 6 heteroatoms. The van der Waals surface area contributed by atoms with Crippen molar-refractivity contribution in [2.45, 2.75) is 6.61 Å². The van der Waals surface area contributed by atoms with Gasteiger partial charge in [0, 0.05) is 11.1 Å². The molecule has 0 heterocycles. The molecule has 0 bridgehead atoms. The van der Waals surface area contributed by atoms with E-state index >= 15 is 0 Å². The topological polar surface area (TPSA) is 50.7 Å². The Hall–Kier alpha value is -2.82. The predicted octanol–water partition coefficient (Wildman–Crippen LogP) is 5.34. The third-order valence-electron chi connectivity index (χ3n) is 3.72. The molecule has 4 nitrogen and oxygen atoms in total. The molecule has 27 heavy (non-hydrogen) atoms. The number of nitrogens with one attached hydrogen (secondary N) is 1. The van der Waals surface area contributed by atoms with E-state index < -0.39 is 0 Å². The predicted molar refractivity (Wildman–Crippen MR) is 109 cm³/mol. The number of carbonyl (C=O) groups is 1. The summed E-state index contributed by atoms with van der Waals surface area (Å²) in [5.74, 6) is 0.351. The summed E-state index contributed by atoms with van der Waals surface area (Å²) in [6.07, 6.45) is 1.45. The Labute approximate surface area is 167 Å². The van der Waals surface area contributed by atoms with E-state index in [1.54, 1.807) is 42.5 Å². The lowest BCUT2D eigenvalue weighted by Crippen LogP contribution is -2.17. The van der Waals surface area contributed by atoms with Crippen molar-refractivity contribution in [3.8, 4) is 5.75 Å². The summed E-state index contributed by atoms with van der Waals surface area (Å²) in [6, 6.07) is 21.9. The molecule has 0 radical (unpaired) electrons. The van der Waals surface area contributed by atoms with Crippen LogP contribution in [0.4, 0.5) is 0 Å². The van der Waals surface area contributed by atoms with Crippen molar-refractivity contribution in [3.63, 3.8) is 0 Å². The van der Waals surface area contributed by atoms with Crippen LogP contribution in [0.1, 0.15) is 21.5 Å². The minimum Gasteiger partial charge on any atom is -0.489 e. The maximum absolute atomic E-state index is 12.2. The Morgan fingerprint density at radius 2 is 1.70 bits per heavy atom. The highest BCUT2D eigenvalue weighted by atomic mass is 35.5. The van der Waals surface area contributed by atoms with Gasteiger partial charge < -0.3 is 4.74 Å². The Kier molecular flexibility index (Phi) is 6.47. The van der Waals surface area contributed by atoms with Crippen molar-refractivity contribution in [1.82, 2.24) is 5.43 Å². The summed E-state index contributed by atoms with van der Waals surface area (Å²) in [4.78, 5) is 12.2. The molecule has 1 N–H and O–H groups in total. The number of ether oxygens (including phenoxy) is 1. The first-order valence-electron chi connectivity index (χ1n) is 8.17. The Morgan fingerprint density at radius 3 is 2.44 bits per heavy atom. The smallest absolute Gasteiger partial charge is 0.271 e. The van der Waals surface area contributed by atoms with Gasteiger partial charge in [-0.15, -0.1) is 0 Å². The van der Waals surface area contributed by atoms with Crippen LogP contribution in [0, 0.1) is 0 Å². The molecule has 0 aliphatic rings. The second-order valence-electron chi connectivity index (χ2n) is 5.64. The molecular weight excluding hydrogens is 383 g/mol. The molecule has 0 aliphatic carbocycles. The molecule has 1 amide bonds. The molecule has 0 saturated carbocycles. The molecule has 0 unspecified atom stereocenters. The second kappa shape index (κ2) is 9.21. The second-order valence-corrected chi connectivity index (χ2v) is 6.43. The minimum atomic E-state index is -0.334. The number of hydrogen-bond donors (Lipinski definition) is 1. The summed E-state index contributed by atoms with van der Waals surface area (Å²) in [5.41, 5.74) is 4.63. The molecule has 0 saturated heterocycles. The summed E-state index contributed by atoms with van der Waals surface area (Å²) < 4.78 is 5.70. The van der Waals surface area contributed by atoms with Crippen LogP contribution >= 0.6 is 23.2 Å². The molecule has 3 aromatic rings. The number of carbonyl (C=O) groups excluding carboxylic acids is 1. The standard InChI is InChI=1S/C21H16Cl2N2O2/c22-19-8-4-7-17(20(19)23)13-24-25-21(26)16-9-11-18(12-10-16)27-14-15-5-2-1-3-6-15/h1-13H,14H2,(H,25,26). The molecule has 0 fully saturated rings. The van der Waals surface area contributed by atoms with Crippen molar-refractivity contribution in [2.75, 3.05) is 0 Å². The van der Waals surface area contributed by atoms with E-state index in [4.69, 9.17) is 27.9 Å². The third kappa shape index (κ3) is 5.33. The van der Waals surface area contributed by atoms with E-state index in [-0.39, 0.29) is 5.91 Å². The minimum absolute atomic E-state index is 0.334. The number of nitrogens with zero attached hydrogens (tertiary/aromatic N) is 1. The average molecular weight is 399 g/mol. The largest absolute Gasteiger partial charge is 0.489 e. The fourth-order valence-corrected chi connectivity index (χ4v) is 2.65. The van der Waals surface area contributed by atoms with E-state index in [1.165, 1.54) is 6.21 Å². The first kappa shape index (κ1) is 19.0. The molecule has 0 aromatic heterocycles. The van der Waals surface area contributed by atoms with Gasteiger partial charge in [0.25, 0.3) is 5.91 Å². The fraction of sp³-hybridized carbons (Fsp3) is 0.0476. The Morgan fingerprint density at radius 1 is 0.963 bits per heavy atom. The first-order valence-corrected chi connectivity index (χ1v) is 8.93. The highest BCUT2D eigenvalue weighted by Gasteiger charge is 2.05. The van der Waals surface area contributed by atoms with Crippen LogP contribution in [0.25, 0.3) is 0 Å². The lowest BCUT2D eigenvalue weighted by molar-refractivity contribution is 0.0955. The van der Waals surface area contributed by atoms with Crippen molar-refractivity contribution in [3.05, 3.63) is 99.5 Å². The van der Waals surface area contributed by atoms with E-state index in [1.807, 2.05) is 30.3 Å². The molecule has 0 spiro atoms. The molecule has 0 aliphatic heterocycles. The average Bonchev–Trinajstić information content (AvgIpc) is 2.70. The lowest BCUT2D eigenvalue weighted by atomic mass is 10.2. The van der Waals surface area contributed by atoms with Crippen LogP contribution < -0.4 is 10.2 Å². The summed E-state index contributed by atoms with van der Waals surface area (Å²) in [5, 5.41) is 4.73. The lowest BCUT2D eigenvalue weighted by Gasteiger charge is -2.07.